The quantitative estimate of drug-likeness (QED) is 0.158. The molecular formula is C22H21FO6S. The first kappa shape index (κ1) is 21.9. The number of carbonyl (C=O) groups is 1. The molecule has 0 radical (unpaired) electrons. The van der Waals surface area contributed by atoms with E-state index in [1.165, 1.54) is 23.5 Å². The summed E-state index contributed by atoms with van der Waals surface area (Å²) in [7, 11) is 0. The van der Waals surface area contributed by atoms with Gasteiger partial charge < -0.3 is 18.9 Å². The van der Waals surface area contributed by atoms with Crippen molar-refractivity contribution in [1.82, 2.24) is 0 Å². The number of hydrogen-bond acceptors (Lipinski definition) is 7. The monoisotopic (exact) mass is 432 g/mol. The normalized spacial score (nSPS) is 12.1. The molecule has 1 unspecified atom stereocenters. The van der Waals surface area contributed by atoms with Crippen molar-refractivity contribution in [2.24, 2.45) is 0 Å². The number of carbonyl (C=O) groups excluding carboxylic acids is 1. The Morgan fingerprint density at radius 3 is 2.73 bits per heavy atom. The third-order valence-electron chi connectivity index (χ3n) is 4.15. The number of esters is 1. The second-order valence-electron chi connectivity index (χ2n) is 6.22. The summed E-state index contributed by atoms with van der Waals surface area (Å²) in [6.45, 7) is 5.89. The molecule has 3 aromatic rings. The zero-order valence-corrected chi connectivity index (χ0v) is 17.2. The fourth-order valence-electron chi connectivity index (χ4n) is 2.78. The molecule has 3 rings (SSSR count). The van der Waals surface area contributed by atoms with Crippen molar-refractivity contribution >= 4 is 37.5 Å². The topological polar surface area (TPSA) is 71.1 Å². The van der Waals surface area contributed by atoms with E-state index in [0.29, 0.717) is 15.8 Å². The molecule has 0 saturated heterocycles. The van der Waals surface area contributed by atoms with Crippen LogP contribution in [0.25, 0.3) is 20.2 Å². The van der Waals surface area contributed by atoms with Gasteiger partial charge in [-0.15, -0.1) is 11.3 Å². The van der Waals surface area contributed by atoms with Crippen LogP contribution < -0.4 is 10.2 Å². The fraction of sp³-hybridized carbons (Fsp3) is 0.273. The predicted octanol–water partition coefficient (Wildman–Crippen LogP) is 4.04. The molecule has 158 valence electrons. The summed E-state index contributed by atoms with van der Waals surface area (Å²) >= 11 is 1.30. The van der Waals surface area contributed by atoms with E-state index in [-0.39, 0.29) is 37.2 Å². The number of benzene rings is 2. The molecule has 1 heterocycles. The van der Waals surface area contributed by atoms with Gasteiger partial charge in [0.1, 0.15) is 18.2 Å². The summed E-state index contributed by atoms with van der Waals surface area (Å²) in [5, 5.41) is 0.493. The SMILES string of the molecule is C=CC(=O)OCCOCCOC(C)Oc1ccc(F)c2c(=O)c3ccccc3sc12. The molecule has 8 heteroatoms. The van der Waals surface area contributed by atoms with E-state index in [0.717, 1.165) is 10.8 Å². The Balaban J connectivity index is 1.62. The van der Waals surface area contributed by atoms with Crippen LogP contribution in [-0.4, -0.2) is 38.7 Å². The van der Waals surface area contributed by atoms with Crippen LogP contribution in [-0.2, 0) is 19.0 Å². The van der Waals surface area contributed by atoms with Crippen molar-refractivity contribution in [3.05, 3.63) is 65.1 Å². The van der Waals surface area contributed by atoms with Gasteiger partial charge in [-0.3, -0.25) is 4.79 Å². The zero-order chi connectivity index (χ0) is 21.5. The van der Waals surface area contributed by atoms with Gasteiger partial charge in [-0.25, -0.2) is 9.18 Å². The molecule has 2 aromatic carbocycles. The Morgan fingerprint density at radius 2 is 1.93 bits per heavy atom. The lowest BCUT2D eigenvalue weighted by molar-refractivity contribution is -0.139. The highest BCUT2D eigenvalue weighted by atomic mass is 32.1. The summed E-state index contributed by atoms with van der Waals surface area (Å²) in [4.78, 5) is 23.6. The Labute approximate surface area is 176 Å². The number of halogens is 1. The molecule has 0 N–H and O–H groups in total. The summed E-state index contributed by atoms with van der Waals surface area (Å²) in [6, 6.07) is 9.80. The van der Waals surface area contributed by atoms with Gasteiger partial charge in [-0.05, 0) is 31.2 Å². The lowest BCUT2D eigenvalue weighted by atomic mass is 10.1. The van der Waals surface area contributed by atoms with Crippen LogP contribution >= 0.6 is 11.3 Å². The number of hydrogen-bond donors (Lipinski definition) is 0. The van der Waals surface area contributed by atoms with Crippen molar-refractivity contribution in [3.63, 3.8) is 0 Å². The minimum atomic E-state index is -0.644. The smallest absolute Gasteiger partial charge is 0.330 e. The Hall–Kier alpha value is -2.81. The predicted molar refractivity (Wildman–Crippen MR) is 114 cm³/mol. The van der Waals surface area contributed by atoms with E-state index in [1.54, 1.807) is 19.1 Å². The van der Waals surface area contributed by atoms with Crippen molar-refractivity contribution in [3.8, 4) is 5.75 Å². The van der Waals surface area contributed by atoms with Gasteiger partial charge in [0.15, 0.2) is 11.7 Å². The lowest BCUT2D eigenvalue weighted by Gasteiger charge is -2.17. The van der Waals surface area contributed by atoms with Crippen LogP contribution in [0.15, 0.2) is 53.8 Å². The van der Waals surface area contributed by atoms with E-state index in [1.807, 2.05) is 12.1 Å². The van der Waals surface area contributed by atoms with Crippen LogP contribution in [0, 0.1) is 5.82 Å². The van der Waals surface area contributed by atoms with Gasteiger partial charge in [0.05, 0.1) is 29.9 Å². The molecule has 0 saturated carbocycles. The Morgan fingerprint density at radius 1 is 1.17 bits per heavy atom. The maximum Gasteiger partial charge on any atom is 0.330 e. The second kappa shape index (κ2) is 10.3. The van der Waals surface area contributed by atoms with Gasteiger partial charge in [-0.2, -0.15) is 0 Å². The van der Waals surface area contributed by atoms with Gasteiger partial charge >= 0.3 is 5.97 Å². The van der Waals surface area contributed by atoms with Gasteiger partial charge in [-0.1, -0.05) is 18.7 Å². The summed E-state index contributed by atoms with van der Waals surface area (Å²) in [5.41, 5.74) is -0.360. The molecule has 6 nitrogen and oxygen atoms in total. The molecular weight excluding hydrogens is 411 g/mol. The maximum absolute atomic E-state index is 14.4. The molecule has 0 spiro atoms. The van der Waals surface area contributed by atoms with E-state index in [9.17, 15) is 14.0 Å². The minimum Gasteiger partial charge on any atom is -0.464 e. The molecule has 0 amide bonds. The van der Waals surface area contributed by atoms with Gasteiger partial charge in [0, 0.05) is 16.2 Å². The molecule has 1 aromatic heterocycles. The van der Waals surface area contributed by atoms with Crippen LogP contribution in [0.4, 0.5) is 4.39 Å². The van der Waals surface area contributed by atoms with E-state index < -0.39 is 18.1 Å². The molecule has 30 heavy (non-hydrogen) atoms. The standard InChI is InChI=1S/C22H21FO6S/c1-3-19(24)28-13-11-26-10-12-27-14(2)29-17-9-8-16(23)20-21(25)15-6-4-5-7-18(15)30-22(17)20/h3-9,14H,1,10-13H2,2H3. The van der Waals surface area contributed by atoms with E-state index in [2.05, 4.69) is 6.58 Å². The highest BCUT2D eigenvalue weighted by molar-refractivity contribution is 7.24. The second-order valence-corrected chi connectivity index (χ2v) is 7.27. The third-order valence-corrected chi connectivity index (χ3v) is 5.34. The average Bonchev–Trinajstić information content (AvgIpc) is 2.75. The molecule has 0 aliphatic rings. The Bertz CT molecular complexity index is 1110. The summed E-state index contributed by atoms with van der Waals surface area (Å²) in [5.74, 6) is -0.703. The largest absolute Gasteiger partial charge is 0.464 e. The van der Waals surface area contributed by atoms with Crippen molar-refractivity contribution < 1.29 is 28.1 Å². The van der Waals surface area contributed by atoms with Crippen LogP contribution in [0.5, 0.6) is 5.75 Å². The van der Waals surface area contributed by atoms with E-state index in [4.69, 9.17) is 18.9 Å². The van der Waals surface area contributed by atoms with Crippen LogP contribution in [0.2, 0.25) is 0 Å². The minimum absolute atomic E-state index is 0.0146. The highest BCUT2D eigenvalue weighted by Gasteiger charge is 2.16. The number of fused-ring (bicyclic) bond motifs is 2. The first-order valence-electron chi connectivity index (χ1n) is 9.30. The van der Waals surface area contributed by atoms with Crippen molar-refractivity contribution in [1.29, 1.82) is 0 Å². The molecule has 0 fully saturated rings. The summed E-state index contributed by atoms with van der Waals surface area (Å²) < 4.78 is 37.0. The molecule has 0 bridgehead atoms. The number of ether oxygens (including phenoxy) is 4. The molecule has 0 aliphatic heterocycles. The highest BCUT2D eigenvalue weighted by Crippen LogP contribution is 2.34. The van der Waals surface area contributed by atoms with E-state index >= 15 is 0 Å². The fourth-order valence-corrected chi connectivity index (χ4v) is 3.93. The maximum atomic E-state index is 14.4. The third kappa shape index (κ3) is 5.21. The molecule has 0 aliphatic carbocycles. The van der Waals surface area contributed by atoms with Crippen molar-refractivity contribution in [2.45, 2.75) is 13.2 Å². The van der Waals surface area contributed by atoms with Crippen LogP contribution in [0.1, 0.15) is 6.92 Å². The average molecular weight is 432 g/mol. The zero-order valence-electron chi connectivity index (χ0n) is 16.4. The number of rotatable bonds is 10. The first-order valence-corrected chi connectivity index (χ1v) is 10.1. The first-order chi connectivity index (χ1) is 14.5. The van der Waals surface area contributed by atoms with Gasteiger partial charge in [0.2, 0.25) is 0 Å². The lowest BCUT2D eigenvalue weighted by Crippen LogP contribution is -2.20. The van der Waals surface area contributed by atoms with Crippen LogP contribution in [0.3, 0.4) is 0 Å². The molecule has 1 atom stereocenters. The van der Waals surface area contributed by atoms with Crippen molar-refractivity contribution in [2.75, 3.05) is 26.4 Å². The van der Waals surface area contributed by atoms with Gasteiger partial charge in [0.25, 0.3) is 0 Å². The Kier molecular flexibility index (Phi) is 7.51. The summed E-state index contributed by atoms with van der Waals surface area (Å²) in [6.07, 6.45) is 0.440.